The molecule has 0 saturated carbocycles. The molecule has 0 aliphatic heterocycles. The third kappa shape index (κ3) is 9.33. The molecule has 0 aromatic carbocycles. The van der Waals surface area contributed by atoms with Crippen LogP contribution >= 0.6 is 23.2 Å². The van der Waals surface area contributed by atoms with Crippen molar-refractivity contribution in [3.63, 3.8) is 0 Å². The molecule has 0 aliphatic rings. The topological polar surface area (TPSA) is 0 Å². The second-order valence-corrected chi connectivity index (χ2v) is 6.59. The van der Waals surface area contributed by atoms with Gasteiger partial charge in [0.15, 0.2) is 0 Å². The van der Waals surface area contributed by atoms with E-state index in [2.05, 4.69) is 44.0 Å². The van der Waals surface area contributed by atoms with Crippen LogP contribution in [0.25, 0.3) is 0 Å². The van der Waals surface area contributed by atoms with Crippen molar-refractivity contribution >= 4 is 28.5 Å². The van der Waals surface area contributed by atoms with Crippen molar-refractivity contribution in [1.29, 1.82) is 0 Å². The lowest BCUT2D eigenvalue weighted by atomic mass is 9.99. The van der Waals surface area contributed by atoms with Gasteiger partial charge in [-0.2, -0.15) is 23.2 Å². The van der Waals surface area contributed by atoms with Crippen LogP contribution in [0, 0.1) is 0 Å². The zero-order chi connectivity index (χ0) is 10.6. The number of rotatable bonds is 10. The minimum atomic E-state index is 0.873. The maximum Gasteiger partial charge on any atom is 0.273 e. The Morgan fingerprint density at radius 2 is 1.29 bits per heavy atom. The molecule has 0 N–H and O–H groups in total. The average molecular weight is 232 g/mol. The largest absolute Gasteiger partial charge is 0.273 e. The summed E-state index contributed by atoms with van der Waals surface area (Å²) in [5.74, 6) is 2.72. The van der Waals surface area contributed by atoms with Crippen LogP contribution in [0.1, 0.15) is 52.9 Å². The maximum absolute atomic E-state index is 2.30. The second kappa shape index (κ2) is 11.8. The summed E-state index contributed by atoms with van der Waals surface area (Å²) in [5.41, 5.74) is 0. The Hall–Kier alpha value is 0.765. The number of hydrogen-bond acceptors (Lipinski definition) is 2. The summed E-state index contributed by atoms with van der Waals surface area (Å²) in [4.78, 5) is 0. The highest BCUT2D eigenvalue weighted by atomic mass is 32.2. The van der Waals surface area contributed by atoms with Crippen LogP contribution in [0.2, 0.25) is 6.32 Å². The van der Waals surface area contributed by atoms with Gasteiger partial charge < -0.3 is 0 Å². The molecule has 0 aromatic heterocycles. The fraction of sp³-hybridized carbons (Fsp3) is 1.00. The summed E-state index contributed by atoms with van der Waals surface area (Å²) < 4.78 is 0. The Balaban J connectivity index is 3.44. The van der Waals surface area contributed by atoms with E-state index in [0.29, 0.717) is 0 Å². The van der Waals surface area contributed by atoms with Crippen molar-refractivity contribution < 1.29 is 0 Å². The van der Waals surface area contributed by atoms with Crippen molar-refractivity contribution in [3.8, 4) is 0 Å². The summed E-state index contributed by atoms with van der Waals surface area (Å²) in [6.45, 7) is 6.85. The lowest BCUT2D eigenvalue weighted by Crippen LogP contribution is -2.04. The Morgan fingerprint density at radius 3 is 1.64 bits per heavy atom. The van der Waals surface area contributed by atoms with Gasteiger partial charge in [-0.15, -0.1) is 0 Å². The predicted octanol–water partition coefficient (Wildman–Crippen LogP) is 4.95. The molecule has 0 bridgehead atoms. The SMILES string of the molecule is CCCCSB(CCC)SCCCC. The minimum absolute atomic E-state index is 0.873. The van der Waals surface area contributed by atoms with Crippen LogP contribution in [-0.2, 0) is 0 Å². The van der Waals surface area contributed by atoms with E-state index in [0.717, 1.165) is 5.27 Å². The Bertz CT molecular complexity index is 99.5. The van der Waals surface area contributed by atoms with Crippen LogP contribution in [0.5, 0.6) is 0 Å². The zero-order valence-corrected chi connectivity index (χ0v) is 11.7. The molecule has 0 amide bonds. The summed E-state index contributed by atoms with van der Waals surface area (Å²) in [5, 5.41) is 0.873. The molecule has 3 heteroatoms. The van der Waals surface area contributed by atoms with Gasteiger partial charge in [0.2, 0.25) is 0 Å². The van der Waals surface area contributed by atoms with Crippen molar-refractivity contribution in [2.45, 2.75) is 59.2 Å². The molecule has 0 heterocycles. The zero-order valence-electron chi connectivity index (χ0n) is 10.1. The van der Waals surface area contributed by atoms with E-state index in [1.807, 2.05) is 0 Å². The van der Waals surface area contributed by atoms with E-state index in [4.69, 9.17) is 0 Å². The van der Waals surface area contributed by atoms with Gasteiger partial charge >= 0.3 is 0 Å². The first-order valence-electron chi connectivity index (χ1n) is 6.08. The molecule has 0 spiro atoms. The molecule has 0 atom stereocenters. The molecule has 0 nitrogen and oxygen atoms in total. The third-order valence-electron chi connectivity index (χ3n) is 2.13. The number of unbranched alkanes of at least 4 members (excludes halogenated alkanes) is 2. The lowest BCUT2D eigenvalue weighted by Gasteiger charge is -2.11. The summed E-state index contributed by atoms with van der Waals surface area (Å²) in [6.07, 6.45) is 8.18. The Kier molecular flexibility index (Phi) is 12.5. The molecule has 0 radical (unpaired) electrons. The van der Waals surface area contributed by atoms with Crippen molar-refractivity contribution in [1.82, 2.24) is 0 Å². The molecule has 0 saturated heterocycles. The van der Waals surface area contributed by atoms with E-state index < -0.39 is 0 Å². The normalized spacial score (nSPS) is 10.5. The monoisotopic (exact) mass is 232 g/mol. The van der Waals surface area contributed by atoms with Gasteiger partial charge in [-0.3, -0.25) is 0 Å². The molecule has 14 heavy (non-hydrogen) atoms. The Labute approximate surface area is 99.3 Å². The summed E-state index contributed by atoms with van der Waals surface area (Å²) >= 11 is 4.37. The fourth-order valence-electron chi connectivity index (χ4n) is 1.17. The van der Waals surface area contributed by atoms with Gasteiger partial charge in [0, 0.05) is 0 Å². The van der Waals surface area contributed by atoms with Gasteiger partial charge in [-0.1, -0.05) is 46.4 Å². The third-order valence-corrected chi connectivity index (χ3v) is 5.21. The van der Waals surface area contributed by atoms with Gasteiger partial charge in [0.25, 0.3) is 5.27 Å². The van der Waals surface area contributed by atoms with Crippen LogP contribution in [0.4, 0.5) is 0 Å². The van der Waals surface area contributed by atoms with E-state index in [1.54, 1.807) is 0 Å². The van der Waals surface area contributed by atoms with Crippen molar-refractivity contribution in [3.05, 3.63) is 0 Å². The minimum Gasteiger partial charge on any atom is -0.195 e. The standard InChI is InChI=1S/C11H25BS2/c1-4-7-10-13-12(9-6-3)14-11-8-5-2/h4-11H2,1-3H3. The van der Waals surface area contributed by atoms with Crippen LogP contribution in [-0.4, -0.2) is 16.8 Å². The van der Waals surface area contributed by atoms with Gasteiger partial charge in [-0.25, -0.2) is 0 Å². The molecule has 0 rings (SSSR count). The van der Waals surface area contributed by atoms with Crippen LogP contribution < -0.4 is 0 Å². The van der Waals surface area contributed by atoms with Gasteiger partial charge in [0.05, 0.1) is 0 Å². The molecule has 0 unspecified atom stereocenters. The molecular formula is C11H25BS2. The van der Waals surface area contributed by atoms with E-state index in [9.17, 15) is 0 Å². The maximum atomic E-state index is 2.30. The number of hydrogen-bond donors (Lipinski definition) is 0. The van der Waals surface area contributed by atoms with Crippen molar-refractivity contribution in [2.24, 2.45) is 0 Å². The first-order chi connectivity index (χ1) is 6.85. The lowest BCUT2D eigenvalue weighted by molar-refractivity contribution is 0.897. The van der Waals surface area contributed by atoms with Crippen LogP contribution in [0.3, 0.4) is 0 Å². The predicted molar refractivity (Wildman–Crippen MR) is 75.6 cm³/mol. The van der Waals surface area contributed by atoms with E-state index >= 15 is 0 Å². The fourth-order valence-corrected chi connectivity index (χ4v) is 4.37. The molecular weight excluding hydrogens is 207 g/mol. The smallest absolute Gasteiger partial charge is 0.195 e. The first-order valence-corrected chi connectivity index (χ1v) is 8.18. The van der Waals surface area contributed by atoms with Crippen LogP contribution in [0.15, 0.2) is 0 Å². The summed E-state index contributed by atoms with van der Waals surface area (Å²) in [7, 11) is 0. The molecule has 0 aliphatic carbocycles. The van der Waals surface area contributed by atoms with E-state index in [1.165, 1.54) is 49.9 Å². The van der Waals surface area contributed by atoms with Gasteiger partial charge in [0.1, 0.15) is 0 Å². The second-order valence-electron chi connectivity index (χ2n) is 3.67. The highest BCUT2D eigenvalue weighted by molar-refractivity contribution is 8.54. The highest BCUT2D eigenvalue weighted by Gasteiger charge is 2.12. The van der Waals surface area contributed by atoms with E-state index in [-0.39, 0.29) is 0 Å². The quantitative estimate of drug-likeness (QED) is 0.386. The van der Waals surface area contributed by atoms with Crippen molar-refractivity contribution in [2.75, 3.05) is 11.5 Å². The summed E-state index contributed by atoms with van der Waals surface area (Å²) in [6, 6.07) is 0. The highest BCUT2D eigenvalue weighted by Crippen LogP contribution is 2.26. The molecule has 84 valence electrons. The van der Waals surface area contributed by atoms with Gasteiger partial charge in [-0.05, 0) is 24.3 Å². The molecule has 0 aromatic rings. The molecule has 0 fully saturated rings. The average Bonchev–Trinajstić information content (AvgIpc) is 2.18. The first kappa shape index (κ1) is 14.8. The Morgan fingerprint density at radius 1 is 0.786 bits per heavy atom.